The Morgan fingerprint density at radius 1 is 1.05 bits per heavy atom. The highest BCUT2D eigenvalue weighted by molar-refractivity contribution is 6.43. The maximum absolute atomic E-state index is 10.0. The number of hydrogen-bond donors (Lipinski definition) is 1. The normalized spacial score (nSPS) is 34.9. The van der Waals surface area contributed by atoms with Gasteiger partial charge in [0.1, 0.15) is 6.10 Å². The van der Waals surface area contributed by atoms with Crippen LogP contribution < -0.4 is 0 Å². The van der Waals surface area contributed by atoms with Gasteiger partial charge >= 0.3 is 7.12 Å². The SMILES string of the molecule is OB1C[C@@H]2OC3(CCCCC3)O[C@@H]2[C@H](c2ccccc2)O1. The summed E-state index contributed by atoms with van der Waals surface area (Å²) in [5.41, 5.74) is 1.04. The van der Waals surface area contributed by atoms with E-state index in [1.165, 1.54) is 6.42 Å². The first kappa shape index (κ1) is 13.8. The van der Waals surface area contributed by atoms with Gasteiger partial charge in [0.15, 0.2) is 5.79 Å². The number of benzene rings is 1. The van der Waals surface area contributed by atoms with Gasteiger partial charge in [0.25, 0.3) is 0 Å². The summed E-state index contributed by atoms with van der Waals surface area (Å²) in [7, 11) is -0.779. The number of fused-ring (bicyclic) bond motifs is 1. The van der Waals surface area contributed by atoms with Crippen LogP contribution >= 0.6 is 0 Å². The monoisotopic (exact) mass is 288 g/mol. The molecular weight excluding hydrogens is 267 g/mol. The molecule has 3 aliphatic rings. The van der Waals surface area contributed by atoms with Crippen LogP contribution in [0.1, 0.15) is 43.8 Å². The molecule has 0 radical (unpaired) electrons. The quantitative estimate of drug-likeness (QED) is 0.807. The summed E-state index contributed by atoms with van der Waals surface area (Å²) in [6.45, 7) is 0. The molecule has 5 heteroatoms. The second-order valence-electron chi connectivity index (χ2n) is 6.37. The fourth-order valence-corrected chi connectivity index (χ4v) is 3.87. The summed E-state index contributed by atoms with van der Waals surface area (Å²) in [6.07, 6.45) is 5.53. The Balaban J connectivity index is 1.61. The van der Waals surface area contributed by atoms with E-state index in [0.717, 1.165) is 31.2 Å². The third kappa shape index (κ3) is 2.53. The average molecular weight is 288 g/mol. The maximum Gasteiger partial charge on any atom is 0.457 e. The van der Waals surface area contributed by atoms with Crippen molar-refractivity contribution in [2.75, 3.05) is 0 Å². The summed E-state index contributed by atoms with van der Waals surface area (Å²) in [5, 5.41) is 10.0. The fraction of sp³-hybridized carbons (Fsp3) is 0.625. The van der Waals surface area contributed by atoms with E-state index in [-0.39, 0.29) is 18.3 Å². The second kappa shape index (κ2) is 5.40. The van der Waals surface area contributed by atoms with E-state index in [2.05, 4.69) is 0 Å². The Morgan fingerprint density at radius 3 is 2.57 bits per heavy atom. The molecule has 0 amide bonds. The zero-order valence-electron chi connectivity index (χ0n) is 12.1. The van der Waals surface area contributed by atoms with E-state index in [1.54, 1.807) is 0 Å². The van der Waals surface area contributed by atoms with Gasteiger partial charge in [-0.05, 0) is 18.4 Å². The van der Waals surface area contributed by atoms with Gasteiger partial charge in [0, 0.05) is 19.2 Å². The Bertz CT molecular complexity index is 488. The van der Waals surface area contributed by atoms with Crippen molar-refractivity contribution in [3.05, 3.63) is 35.9 Å². The molecule has 21 heavy (non-hydrogen) atoms. The predicted molar refractivity (Wildman–Crippen MR) is 78.6 cm³/mol. The van der Waals surface area contributed by atoms with Crippen LogP contribution in [0.4, 0.5) is 0 Å². The molecule has 112 valence electrons. The highest BCUT2D eigenvalue weighted by atomic mass is 16.8. The lowest BCUT2D eigenvalue weighted by Gasteiger charge is -2.34. The first-order chi connectivity index (χ1) is 10.3. The van der Waals surface area contributed by atoms with Gasteiger partial charge in [-0.2, -0.15) is 0 Å². The molecule has 2 saturated heterocycles. The number of hydrogen-bond acceptors (Lipinski definition) is 4. The van der Waals surface area contributed by atoms with Crippen molar-refractivity contribution >= 4 is 7.12 Å². The largest absolute Gasteiger partial charge is 0.457 e. The molecule has 1 saturated carbocycles. The molecule has 2 heterocycles. The van der Waals surface area contributed by atoms with Crippen LogP contribution in [-0.4, -0.2) is 30.1 Å². The third-order valence-electron chi connectivity index (χ3n) is 4.86. The molecule has 1 spiro atoms. The molecule has 1 N–H and O–H groups in total. The summed E-state index contributed by atoms with van der Waals surface area (Å²) >= 11 is 0. The third-order valence-corrected chi connectivity index (χ3v) is 4.86. The topological polar surface area (TPSA) is 47.9 Å². The van der Waals surface area contributed by atoms with Gasteiger partial charge in [0.2, 0.25) is 0 Å². The van der Waals surface area contributed by atoms with Gasteiger partial charge in [-0.1, -0.05) is 36.8 Å². The van der Waals surface area contributed by atoms with E-state index in [9.17, 15) is 5.02 Å². The van der Waals surface area contributed by atoms with Gasteiger partial charge in [-0.3, -0.25) is 0 Å². The molecule has 3 fully saturated rings. The highest BCUT2D eigenvalue weighted by Gasteiger charge is 2.54. The molecule has 1 aromatic rings. The maximum atomic E-state index is 10.0. The summed E-state index contributed by atoms with van der Waals surface area (Å²) in [4.78, 5) is 0. The molecule has 4 nitrogen and oxygen atoms in total. The standard InChI is InChI=1S/C16H21BO4/c18-17-11-13-15(14(21-17)12-7-3-1-4-8-12)20-16(19-13)9-5-2-6-10-16/h1,3-4,7-8,13-15,18H,2,5-6,9-11H2/t13-,14-,15-/m0/s1. The molecule has 4 rings (SSSR count). The van der Waals surface area contributed by atoms with Gasteiger partial charge < -0.3 is 19.2 Å². The Morgan fingerprint density at radius 2 is 1.81 bits per heavy atom. The van der Waals surface area contributed by atoms with Crippen molar-refractivity contribution in [3.63, 3.8) is 0 Å². The van der Waals surface area contributed by atoms with E-state index >= 15 is 0 Å². The minimum atomic E-state index is -0.779. The molecule has 1 aliphatic carbocycles. The van der Waals surface area contributed by atoms with Crippen LogP contribution in [0.25, 0.3) is 0 Å². The van der Waals surface area contributed by atoms with Crippen molar-refractivity contribution in [1.29, 1.82) is 0 Å². The molecule has 0 bridgehead atoms. The smallest absolute Gasteiger partial charge is 0.427 e. The molecule has 2 aliphatic heterocycles. The Kier molecular flexibility index (Phi) is 3.54. The lowest BCUT2D eigenvalue weighted by Crippen LogP contribution is -2.43. The summed E-state index contributed by atoms with van der Waals surface area (Å²) < 4.78 is 18.4. The zero-order chi connectivity index (χ0) is 14.3. The summed E-state index contributed by atoms with van der Waals surface area (Å²) in [5.74, 6) is -0.436. The minimum Gasteiger partial charge on any atom is -0.427 e. The average Bonchev–Trinajstić information content (AvgIpc) is 2.85. The molecule has 0 aromatic heterocycles. The van der Waals surface area contributed by atoms with Crippen molar-refractivity contribution in [1.82, 2.24) is 0 Å². The van der Waals surface area contributed by atoms with Crippen LogP contribution in [0.3, 0.4) is 0 Å². The molecule has 3 atom stereocenters. The lowest BCUT2D eigenvalue weighted by molar-refractivity contribution is -0.197. The van der Waals surface area contributed by atoms with Gasteiger partial charge in [-0.15, -0.1) is 0 Å². The fourth-order valence-electron chi connectivity index (χ4n) is 3.87. The van der Waals surface area contributed by atoms with Crippen LogP contribution in [0, 0.1) is 0 Å². The first-order valence-electron chi connectivity index (χ1n) is 8.00. The van der Waals surface area contributed by atoms with Crippen LogP contribution in [0.2, 0.25) is 6.32 Å². The number of rotatable bonds is 1. The second-order valence-corrected chi connectivity index (χ2v) is 6.37. The van der Waals surface area contributed by atoms with Gasteiger partial charge in [0.05, 0.1) is 12.2 Å². The van der Waals surface area contributed by atoms with Crippen LogP contribution in [-0.2, 0) is 14.1 Å². The molecule has 0 unspecified atom stereocenters. The minimum absolute atomic E-state index is 0.0722. The van der Waals surface area contributed by atoms with Gasteiger partial charge in [-0.25, -0.2) is 0 Å². The van der Waals surface area contributed by atoms with E-state index in [1.807, 2.05) is 30.3 Å². The van der Waals surface area contributed by atoms with E-state index in [0.29, 0.717) is 6.32 Å². The van der Waals surface area contributed by atoms with Crippen molar-refractivity contribution < 1.29 is 19.2 Å². The van der Waals surface area contributed by atoms with Crippen molar-refractivity contribution in [2.45, 2.75) is 62.5 Å². The number of ether oxygens (including phenoxy) is 2. The first-order valence-corrected chi connectivity index (χ1v) is 8.00. The zero-order valence-corrected chi connectivity index (χ0v) is 12.1. The lowest BCUT2D eigenvalue weighted by atomic mass is 9.75. The molecule has 1 aromatic carbocycles. The molecular formula is C16H21BO4. The predicted octanol–water partition coefficient (Wildman–Crippen LogP) is 2.68. The Hall–Kier alpha value is -0.875. The van der Waals surface area contributed by atoms with Crippen LogP contribution in [0.5, 0.6) is 0 Å². The van der Waals surface area contributed by atoms with E-state index < -0.39 is 12.9 Å². The summed E-state index contributed by atoms with van der Waals surface area (Å²) in [6, 6.07) is 10.0. The van der Waals surface area contributed by atoms with Crippen molar-refractivity contribution in [2.24, 2.45) is 0 Å². The van der Waals surface area contributed by atoms with E-state index in [4.69, 9.17) is 14.1 Å². The van der Waals surface area contributed by atoms with Crippen LogP contribution in [0.15, 0.2) is 30.3 Å². The van der Waals surface area contributed by atoms with Crippen molar-refractivity contribution in [3.8, 4) is 0 Å². The Labute approximate surface area is 125 Å². The highest BCUT2D eigenvalue weighted by Crippen LogP contribution is 2.47.